The van der Waals surface area contributed by atoms with Crippen molar-refractivity contribution in [3.63, 3.8) is 0 Å². The molecular weight excluding hydrogens is 240 g/mol. The molecule has 0 aromatic heterocycles. The molecule has 0 amide bonds. The largest absolute Gasteiger partial charge is 0.416 e. The lowest BCUT2D eigenvalue weighted by molar-refractivity contribution is 0.303. The SMILES string of the molecule is C[Si]1(C)CO[Si](C)(C)CO[Si](C)(C)CO1. The van der Waals surface area contributed by atoms with Gasteiger partial charge >= 0.3 is 0 Å². The van der Waals surface area contributed by atoms with E-state index in [1.165, 1.54) is 0 Å². The molecule has 0 unspecified atom stereocenters. The lowest BCUT2D eigenvalue weighted by Crippen LogP contribution is -2.44. The smallest absolute Gasteiger partial charge is 0.210 e. The first-order chi connectivity index (χ1) is 6.62. The zero-order chi connectivity index (χ0) is 11.7. The molecule has 0 aromatic carbocycles. The summed E-state index contributed by atoms with van der Waals surface area (Å²) in [6.07, 6.45) is 2.46. The summed E-state index contributed by atoms with van der Waals surface area (Å²) in [6.45, 7) is 13.4. The number of hydrogen-bond acceptors (Lipinski definition) is 3. The van der Waals surface area contributed by atoms with Crippen molar-refractivity contribution in [3.8, 4) is 0 Å². The quantitative estimate of drug-likeness (QED) is 0.628. The molecule has 15 heavy (non-hydrogen) atoms. The highest BCUT2D eigenvalue weighted by atomic mass is 28.4. The van der Waals surface area contributed by atoms with Crippen LogP contribution < -0.4 is 0 Å². The average molecular weight is 265 g/mol. The Kier molecular flexibility index (Phi) is 4.01. The van der Waals surface area contributed by atoms with E-state index in [4.69, 9.17) is 13.3 Å². The van der Waals surface area contributed by atoms with Gasteiger partial charge in [0.25, 0.3) is 0 Å². The molecule has 90 valence electrons. The second kappa shape index (κ2) is 4.42. The van der Waals surface area contributed by atoms with E-state index in [-0.39, 0.29) is 0 Å². The minimum absolute atomic E-state index is 0.820. The lowest BCUT2D eigenvalue weighted by Gasteiger charge is -2.26. The van der Waals surface area contributed by atoms with Crippen LogP contribution in [0, 0.1) is 0 Å². The second-order valence-electron chi connectivity index (χ2n) is 6.15. The van der Waals surface area contributed by atoms with Crippen LogP contribution in [0.3, 0.4) is 0 Å². The van der Waals surface area contributed by atoms with Crippen molar-refractivity contribution in [1.82, 2.24) is 0 Å². The van der Waals surface area contributed by atoms with Gasteiger partial charge in [0.15, 0.2) is 0 Å². The van der Waals surface area contributed by atoms with Gasteiger partial charge in [-0.3, -0.25) is 0 Å². The van der Waals surface area contributed by atoms with Crippen LogP contribution in [0.4, 0.5) is 0 Å². The third-order valence-electron chi connectivity index (χ3n) is 2.43. The standard InChI is InChI=1S/C9H24O3Si3/c1-13(2)7-11-15(5,6)9-12-14(3,4)8-10-13/h7-9H2,1-6H3. The van der Waals surface area contributed by atoms with Crippen molar-refractivity contribution >= 4 is 25.0 Å². The number of rotatable bonds is 0. The van der Waals surface area contributed by atoms with Crippen molar-refractivity contribution in [1.29, 1.82) is 0 Å². The van der Waals surface area contributed by atoms with E-state index in [1.807, 2.05) is 0 Å². The fraction of sp³-hybridized carbons (Fsp3) is 1.00. The van der Waals surface area contributed by atoms with Gasteiger partial charge in [0.05, 0.1) is 18.7 Å². The van der Waals surface area contributed by atoms with Crippen LogP contribution in [0.15, 0.2) is 0 Å². The molecule has 0 spiro atoms. The molecule has 0 radical (unpaired) electrons. The van der Waals surface area contributed by atoms with Crippen molar-refractivity contribution in [2.24, 2.45) is 0 Å². The molecule has 1 fully saturated rings. The summed E-state index contributed by atoms with van der Waals surface area (Å²) in [5, 5.41) is 0. The Hall–Kier alpha value is 0.531. The lowest BCUT2D eigenvalue weighted by atomic mass is 11.7. The zero-order valence-electron chi connectivity index (χ0n) is 10.8. The molecule has 0 bridgehead atoms. The van der Waals surface area contributed by atoms with Crippen molar-refractivity contribution < 1.29 is 13.3 Å². The first-order valence-corrected chi connectivity index (χ1v) is 14.9. The molecule has 0 N–H and O–H groups in total. The Bertz CT molecular complexity index is 173. The van der Waals surface area contributed by atoms with Gasteiger partial charge in [-0.2, -0.15) is 0 Å². The van der Waals surface area contributed by atoms with Crippen LogP contribution in [0.1, 0.15) is 0 Å². The first kappa shape index (κ1) is 13.6. The maximum Gasteiger partial charge on any atom is 0.210 e. The fourth-order valence-electron chi connectivity index (χ4n) is 1.23. The summed E-state index contributed by atoms with van der Waals surface area (Å²) in [4.78, 5) is 0. The zero-order valence-corrected chi connectivity index (χ0v) is 13.8. The Morgan fingerprint density at radius 1 is 0.533 bits per heavy atom. The van der Waals surface area contributed by atoms with E-state index >= 15 is 0 Å². The van der Waals surface area contributed by atoms with Gasteiger partial charge in [-0.05, 0) is 39.3 Å². The van der Waals surface area contributed by atoms with Gasteiger partial charge in [0.1, 0.15) is 0 Å². The fourth-order valence-corrected chi connectivity index (χ4v) is 10.3. The normalized spacial score (nSPS) is 30.0. The van der Waals surface area contributed by atoms with Crippen LogP contribution in [0.2, 0.25) is 39.3 Å². The van der Waals surface area contributed by atoms with Gasteiger partial charge in [-0.1, -0.05) is 0 Å². The van der Waals surface area contributed by atoms with Crippen LogP contribution in [0.5, 0.6) is 0 Å². The molecule has 1 rings (SSSR count). The topological polar surface area (TPSA) is 27.7 Å². The molecule has 1 heterocycles. The molecule has 3 nitrogen and oxygen atoms in total. The van der Waals surface area contributed by atoms with Crippen LogP contribution in [-0.4, -0.2) is 43.6 Å². The van der Waals surface area contributed by atoms with Crippen molar-refractivity contribution in [2.75, 3.05) is 18.7 Å². The molecule has 0 aliphatic carbocycles. The van der Waals surface area contributed by atoms with Crippen molar-refractivity contribution in [2.45, 2.75) is 39.3 Å². The summed E-state index contributed by atoms with van der Waals surface area (Å²) in [7, 11) is -4.85. The summed E-state index contributed by atoms with van der Waals surface area (Å²) < 4.78 is 18.1. The molecule has 0 saturated carbocycles. The van der Waals surface area contributed by atoms with E-state index in [0.717, 1.165) is 18.7 Å². The number of hydrogen-bond donors (Lipinski definition) is 0. The van der Waals surface area contributed by atoms with Crippen LogP contribution in [-0.2, 0) is 13.3 Å². The van der Waals surface area contributed by atoms with E-state index in [2.05, 4.69) is 39.3 Å². The molecule has 6 heteroatoms. The minimum Gasteiger partial charge on any atom is -0.416 e. The first-order valence-electron chi connectivity index (χ1n) is 5.54. The van der Waals surface area contributed by atoms with Crippen LogP contribution in [0.25, 0.3) is 0 Å². The maximum absolute atomic E-state index is 6.03. The Morgan fingerprint density at radius 2 is 0.733 bits per heavy atom. The second-order valence-corrected chi connectivity index (χ2v) is 18.4. The highest BCUT2D eigenvalue weighted by Gasteiger charge is 2.37. The van der Waals surface area contributed by atoms with Crippen molar-refractivity contribution in [3.05, 3.63) is 0 Å². The van der Waals surface area contributed by atoms with Gasteiger partial charge in [0, 0.05) is 0 Å². The van der Waals surface area contributed by atoms with E-state index in [0.29, 0.717) is 0 Å². The Morgan fingerprint density at radius 3 is 0.933 bits per heavy atom. The van der Waals surface area contributed by atoms with E-state index in [1.54, 1.807) is 0 Å². The summed E-state index contributed by atoms with van der Waals surface area (Å²) in [5.41, 5.74) is 0. The Labute approximate surface area is 96.5 Å². The third kappa shape index (κ3) is 4.92. The van der Waals surface area contributed by atoms with Gasteiger partial charge in [-0.15, -0.1) is 0 Å². The highest BCUT2D eigenvalue weighted by Crippen LogP contribution is 2.18. The van der Waals surface area contributed by atoms with Crippen LogP contribution >= 0.6 is 0 Å². The monoisotopic (exact) mass is 264 g/mol. The molecule has 1 aliphatic heterocycles. The average Bonchev–Trinajstić information content (AvgIpc) is 2.12. The predicted molar refractivity (Wildman–Crippen MR) is 70.3 cm³/mol. The highest BCUT2D eigenvalue weighted by molar-refractivity contribution is 6.79. The minimum atomic E-state index is -1.62. The predicted octanol–water partition coefficient (Wildman–Crippen LogP) is 2.28. The summed E-state index contributed by atoms with van der Waals surface area (Å²) >= 11 is 0. The summed E-state index contributed by atoms with van der Waals surface area (Å²) in [6, 6.07) is 0. The molecule has 0 aromatic rings. The van der Waals surface area contributed by atoms with Gasteiger partial charge in [0.2, 0.25) is 25.0 Å². The molecular formula is C9H24O3Si3. The van der Waals surface area contributed by atoms with E-state index in [9.17, 15) is 0 Å². The Balaban J connectivity index is 2.74. The maximum atomic E-state index is 6.03. The van der Waals surface area contributed by atoms with E-state index < -0.39 is 25.0 Å². The van der Waals surface area contributed by atoms with Gasteiger partial charge in [-0.25, -0.2) is 0 Å². The third-order valence-corrected chi connectivity index (χ3v) is 8.59. The molecule has 1 aliphatic rings. The molecule has 0 atom stereocenters. The van der Waals surface area contributed by atoms with Gasteiger partial charge < -0.3 is 13.3 Å². The summed E-state index contributed by atoms with van der Waals surface area (Å²) in [5.74, 6) is 0. The molecule has 1 saturated heterocycles.